The van der Waals surface area contributed by atoms with E-state index in [4.69, 9.17) is 0 Å². The Kier molecular flexibility index (Phi) is 4.09. The van der Waals surface area contributed by atoms with Crippen LogP contribution in [0, 0.1) is 5.82 Å². The van der Waals surface area contributed by atoms with Gasteiger partial charge in [-0.05, 0) is 55.2 Å². The molecular weight excluding hydrogens is 303 g/mol. The Bertz CT molecular complexity index is 811. The minimum absolute atomic E-state index is 0.226. The van der Waals surface area contributed by atoms with E-state index in [1.807, 2.05) is 23.1 Å². The molecule has 1 aromatic carbocycles. The Hall–Kier alpha value is -2.53. The van der Waals surface area contributed by atoms with Gasteiger partial charge in [0.15, 0.2) is 0 Å². The zero-order chi connectivity index (χ0) is 16.4. The molecule has 2 aromatic heterocycles. The first-order chi connectivity index (χ1) is 11.8. The van der Waals surface area contributed by atoms with Gasteiger partial charge in [-0.15, -0.1) is 0 Å². The smallest absolute Gasteiger partial charge is 0.123 e. The van der Waals surface area contributed by atoms with Gasteiger partial charge < -0.3 is 5.32 Å². The van der Waals surface area contributed by atoms with E-state index in [0.29, 0.717) is 6.04 Å². The maximum Gasteiger partial charge on any atom is 0.123 e. The Labute approximate surface area is 140 Å². The number of benzene rings is 1. The molecule has 24 heavy (non-hydrogen) atoms. The van der Waals surface area contributed by atoms with E-state index in [-0.39, 0.29) is 5.82 Å². The van der Waals surface area contributed by atoms with Crippen molar-refractivity contribution in [2.75, 3.05) is 0 Å². The van der Waals surface area contributed by atoms with Crippen molar-refractivity contribution in [3.8, 4) is 5.69 Å². The maximum absolute atomic E-state index is 13.1. The zero-order valence-electron chi connectivity index (χ0n) is 13.3. The summed E-state index contributed by atoms with van der Waals surface area (Å²) >= 11 is 0. The molecule has 0 aliphatic heterocycles. The first-order valence-corrected chi connectivity index (χ1v) is 8.26. The molecule has 0 unspecified atom stereocenters. The van der Waals surface area contributed by atoms with Gasteiger partial charge in [-0.25, -0.2) is 9.07 Å². The number of rotatable bonds is 4. The molecule has 2 heterocycles. The van der Waals surface area contributed by atoms with Crippen LogP contribution in [0.3, 0.4) is 0 Å². The van der Waals surface area contributed by atoms with Crippen LogP contribution < -0.4 is 5.32 Å². The molecule has 4 rings (SSSR count). The number of nitrogens with zero attached hydrogens (tertiary/aromatic N) is 3. The van der Waals surface area contributed by atoms with E-state index < -0.39 is 0 Å². The summed E-state index contributed by atoms with van der Waals surface area (Å²) < 4.78 is 15.1. The second-order valence-corrected chi connectivity index (χ2v) is 6.12. The van der Waals surface area contributed by atoms with E-state index in [2.05, 4.69) is 21.5 Å². The van der Waals surface area contributed by atoms with Crippen molar-refractivity contribution < 1.29 is 4.39 Å². The summed E-state index contributed by atoms with van der Waals surface area (Å²) in [5.41, 5.74) is 4.55. The third kappa shape index (κ3) is 2.95. The highest BCUT2D eigenvalue weighted by molar-refractivity contribution is 5.37. The summed E-state index contributed by atoms with van der Waals surface area (Å²) in [6.45, 7) is 0.791. The molecule has 0 radical (unpaired) electrons. The summed E-state index contributed by atoms with van der Waals surface area (Å²) in [4.78, 5) is 4.16. The Balaban J connectivity index is 1.56. The van der Waals surface area contributed by atoms with Crippen LogP contribution in [0.1, 0.15) is 35.7 Å². The average molecular weight is 322 g/mol. The molecule has 1 aliphatic carbocycles. The van der Waals surface area contributed by atoms with Crippen molar-refractivity contribution in [2.45, 2.75) is 31.8 Å². The maximum atomic E-state index is 13.1. The number of nitrogens with one attached hydrogen (secondary N) is 1. The van der Waals surface area contributed by atoms with Gasteiger partial charge in [0.1, 0.15) is 5.82 Å². The minimum atomic E-state index is -0.226. The first-order valence-electron chi connectivity index (χ1n) is 8.26. The first kappa shape index (κ1) is 15.0. The second-order valence-electron chi connectivity index (χ2n) is 6.12. The molecule has 4 nitrogen and oxygen atoms in total. The van der Waals surface area contributed by atoms with Crippen LogP contribution in [0.25, 0.3) is 5.69 Å². The molecule has 0 saturated heterocycles. The van der Waals surface area contributed by atoms with Crippen molar-refractivity contribution in [1.82, 2.24) is 20.1 Å². The molecule has 122 valence electrons. The predicted octanol–water partition coefficient (Wildman–Crippen LogP) is 3.57. The highest BCUT2D eigenvalue weighted by atomic mass is 19.1. The number of hydrogen-bond acceptors (Lipinski definition) is 3. The summed E-state index contributed by atoms with van der Waals surface area (Å²) in [7, 11) is 0. The topological polar surface area (TPSA) is 42.7 Å². The number of pyridine rings is 1. The fourth-order valence-corrected chi connectivity index (χ4v) is 3.32. The monoisotopic (exact) mass is 322 g/mol. The molecule has 0 fully saturated rings. The Morgan fingerprint density at radius 3 is 2.83 bits per heavy atom. The molecule has 1 aliphatic rings. The lowest BCUT2D eigenvalue weighted by Gasteiger charge is -2.24. The Morgan fingerprint density at radius 2 is 2.04 bits per heavy atom. The summed E-state index contributed by atoms with van der Waals surface area (Å²) in [5, 5.41) is 8.16. The van der Waals surface area contributed by atoms with Crippen molar-refractivity contribution in [3.63, 3.8) is 0 Å². The van der Waals surface area contributed by atoms with Crippen molar-refractivity contribution in [1.29, 1.82) is 0 Å². The molecule has 1 N–H and O–H groups in total. The number of halogens is 1. The van der Waals surface area contributed by atoms with Crippen LogP contribution in [0.2, 0.25) is 0 Å². The van der Waals surface area contributed by atoms with Crippen LogP contribution in [0.4, 0.5) is 4.39 Å². The predicted molar refractivity (Wildman–Crippen MR) is 90.3 cm³/mol. The largest absolute Gasteiger partial charge is 0.306 e. The highest BCUT2D eigenvalue weighted by Gasteiger charge is 2.24. The summed E-state index contributed by atoms with van der Waals surface area (Å²) in [6.07, 6.45) is 8.83. The average Bonchev–Trinajstić information content (AvgIpc) is 3.06. The second kappa shape index (κ2) is 6.53. The summed E-state index contributed by atoms with van der Waals surface area (Å²) in [6, 6.07) is 10.8. The summed E-state index contributed by atoms with van der Waals surface area (Å²) in [5.74, 6) is -0.226. The third-order valence-electron chi connectivity index (χ3n) is 4.53. The Morgan fingerprint density at radius 1 is 1.17 bits per heavy atom. The zero-order valence-corrected chi connectivity index (χ0v) is 13.3. The third-order valence-corrected chi connectivity index (χ3v) is 4.53. The van der Waals surface area contributed by atoms with Crippen LogP contribution in [-0.4, -0.2) is 14.8 Å². The highest BCUT2D eigenvalue weighted by Crippen LogP contribution is 2.31. The van der Waals surface area contributed by atoms with Crippen molar-refractivity contribution in [2.24, 2.45) is 0 Å². The molecule has 0 spiro atoms. The SMILES string of the molecule is Fc1ccc(-n2ncc3c2CCC[C@H]3NCc2cccnc2)cc1. The van der Waals surface area contributed by atoms with Crippen LogP contribution in [-0.2, 0) is 13.0 Å². The lowest BCUT2D eigenvalue weighted by Crippen LogP contribution is -2.25. The molecule has 0 bridgehead atoms. The molecule has 1 atom stereocenters. The fourth-order valence-electron chi connectivity index (χ4n) is 3.32. The van der Waals surface area contributed by atoms with Crippen molar-refractivity contribution >= 4 is 0 Å². The van der Waals surface area contributed by atoms with Crippen LogP contribution in [0.15, 0.2) is 55.0 Å². The van der Waals surface area contributed by atoms with Gasteiger partial charge in [-0.1, -0.05) is 6.07 Å². The van der Waals surface area contributed by atoms with Gasteiger partial charge in [0.2, 0.25) is 0 Å². The van der Waals surface area contributed by atoms with Gasteiger partial charge in [-0.3, -0.25) is 4.98 Å². The number of aromatic nitrogens is 3. The van der Waals surface area contributed by atoms with Gasteiger partial charge in [0, 0.05) is 36.2 Å². The van der Waals surface area contributed by atoms with Gasteiger partial charge >= 0.3 is 0 Å². The van der Waals surface area contributed by atoms with E-state index in [1.54, 1.807) is 18.3 Å². The number of hydrogen-bond donors (Lipinski definition) is 1. The molecular formula is C19H19FN4. The normalized spacial score (nSPS) is 16.8. The van der Waals surface area contributed by atoms with Gasteiger partial charge in [-0.2, -0.15) is 5.10 Å². The van der Waals surface area contributed by atoms with Crippen molar-refractivity contribution in [3.05, 3.63) is 77.6 Å². The van der Waals surface area contributed by atoms with Crippen LogP contribution >= 0.6 is 0 Å². The molecule has 5 heteroatoms. The molecule has 0 amide bonds. The van der Waals surface area contributed by atoms with Gasteiger partial charge in [0.05, 0.1) is 11.9 Å². The van der Waals surface area contributed by atoms with Gasteiger partial charge in [0.25, 0.3) is 0 Å². The van der Waals surface area contributed by atoms with E-state index in [1.165, 1.54) is 29.0 Å². The standard InChI is InChI=1S/C19H19FN4/c20-15-6-8-16(9-7-15)24-19-5-1-4-18(17(19)13-23-24)22-12-14-3-2-10-21-11-14/h2-3,6-11,13,18,22H,1,4-5,12H2/t18-/m1/s1. The molecule has 0 saturated carbocycles. The van der Waals surface area contributed by atoms with Crippen LogP contribution in [0.5, 0.6) is 0 Å². The lowest BCUT2D eigenvalue weighted by atomic mass is 9.92. The van der Waals surface area contributed by atoms with E-state index in [0.717, 1.165) is 31.5 Å². The minimum Gasteiger partial charge on any atom is -0.306 e. The molecule has 3 aromatic rings. The van der Waals surface area contributed by atoms with E-state index >= 15 is 0 Å². The quantitative estimate of drug-likeness (QED) is 0.798. The fraction of sp³-hybridized carbons (Fsp3) is 0.263. The van der Waals surface area contributed by atoms with E-state index in [9.17, 15) is 4.39 Å². The lowest BCUT2D eigenvalue weighted by molar-refractivity contribution is 0.454. The number of fused-ring (bicyclic) bond motifs is 1.